The van der Waals surface area contributed by atoms with E-state index in [1.54, 1.807) is 0 Å². The van der Waals surface area contributed by atoms with Crippen molar-refractivity contribution in [2.45, 2.75) is 77.8 Å². The van der Waals surface area contributed by atoms with Crippen molar-refractivity contribution < 1.29 is 20.4 Å². The van der Waals surface area contributed by atoms with Gasteiger partial charge in [0.05, 0.1) is 0 Å². The van der Waals surface area contributed by atoms with E-state index in [1.807, 2.05) is 0 Å². The standard InChI is InChI=1S/C12H27Br2P.Pd/c1-10(2,3)15(13,14,11(4,5)6)12(7,8)9;/h1-9H3;. The molecule has 0 unspecified atom stereocenters. The first-order valence-electron chi connectivity index (χ1n) is 5.51. The van der Waals surface area contributed by atoms with Gasteiger partial charge in [0.15, 0.2) is 0 Å². The second-order valence-electron chi connectivity index (χ2n) is 7.42. The van der Waals surface area contributed by atoms with Crippen LogP contribution in [0.3, 0.4) is 0 Å². The van der Waals surface area contributed by atoms with E-state index in [1.165, 1.54) is 0 Å². The maximum atomic E-state index is 4.20. The van der Waals surface area contributed by atoms with E-state index in [2.05, 4.69) is 93.3 Å². The van der Waals surface area contributed by atoms with E-state index in [-0.39, 0.29) is 35.9 Å². The Labute approximate surface area is 132 Å². The SMILES string of the molecule is CC(C)(C)P(Br)(Br)(C(C)(C)C)C(C)(C)C.[Pd]. The fourth-order valence-corrected chi connectivity index (χ4v) is 9.06. The van der Waals surface area contributed by atoms with Gasteiger partial charge in [0.1, 0.15) is 0 Å². The summed E-state index contributed by atoms with van der Waals surface area (Å²) in [6, 6.07) is 0. The molecule has 0 aliphatic rings. The van der Waals surface area contributed by atoms with Crippen molar-refractivity contribution >= 4 is 35.0 Å². The largest absolute Gasteiger partial charge is 0 e. The van der Waals surface area contributed by atoms with Gasteiger partial charge in [0, 0.05) is 20.4 Å². The zero-order valence-corrected chi connectivity index (χ0v) is 17.6. The van der Waals surface area contributed by atoms with Crippen LogP contribution < -0.4 is 0 Å². The summed E-state index contributed by atoms with van der Waals surface area (Å²) >= 11 is 8.40. The summed E-state index contributed by atoms with van der Waals surface area (Å²) in [5.41, 5.74) is 0. The predicted octanol–water partition coefficient (Wildman–Crippen LogP) is 6.55. The van der Waals surface area contributed by atoms with Crippen LogP contribution in [0.25, 0.3) is 0 Å². The Hall–Kier alpha value is 2.05. The Morgan fingerprint density at radius 3 is 0.688 bits per heavy atom. The van der Waals surface area contributed by atoms with Crippen molar-refractivity contribution in [1.82, 2.24) is 0 Å². The molecule has 0 radical (unpaired) electrons. The van der Waals surface area contributed by atoms with Gasteiger partial charge in [-0.25, -0.2) is 0 Å². The quantitative estimate of drug-likeness (QED) is 0.279. The average molecular weight is 469 g/mol. The minimum Gasteiger partial charge on any atom is 0 e. The molecule has 0 heterocycles. The topological polar surface area (TPSA) is 0 Å². The summed E-state index contributed by atoms with van der Waals surface area (Å²) in [6.07, 6.45) is 0. The monoisotopic (exact) mass is 466 g/mol. The number of hydrogen-bond acceptors (Lipinski definition) is 0. The van der Waals surface area contributed by atoms with Gasteiger partial charge in [-0.3, -0.25) is 0 Å². The molecule has 0 aromatic carbocycles. The van der Waals surface area contributed by atoms with Crippen molar-refractivity contribution in [2.24, 2.45) is 0 Å². The first-order chi connectivity index (χ1) is 6.07. The van der Waals surface area contributed by atoms with Gasteiger partial charge in [-0.15, -0.1) is 0 Å². The van der Waals surface area contributed by atoms with Gasteiger partial charge < -0.3 is 0 Å². The number of rotatable bonds is 0. The molecule has 4 heteroatoms. The Balaban J connectivity index is 0. The van der Waals surface area contributed by atoms with Crippen LogP contribution in [-0.2, 0) is 20.4 Å². The molecular weight excluding hydrogens is 441 g/mol. The third-order valence-electron chi connectivity index (χ3n) is 3.53. The summed E-state index contributed by atoms with van der Waals surface area (Å²) in [4.78, 5) is 0. The summed E-state index contributed by atoms with van der Waals surface area (Å²) < 4.78 is -2.22. The molecule has 0 spiro atoms. The molecule has 0 aliphatic carbocycles. The third-order valence-corrected chi connectivity index (χ3v) is 29.8. The van der Waals surface area contributed by atoms with Gasteiger partial charge >= 0.3 is 113 Å². The van der Waals surface area contributed by atoms with Crippen LogP contribution >= 0.6 is 35.0 Å². The predicted molar refractivity (Wildman–Crippen MR) is 84.0 cm³/mol. The molecule has 104 valence electrons. The van der Waals surface area contributed by atoms with E-state index < -0.39 is 4.01 Å². The summed E-state index contributed by atoms with van der Waals surface area (Å²) in [5.74, 6) is 0. The second kappa shape index (κ2) is 4.87. The average Bonchev–Trinajstić information content (AvgIpc) is 1.78. The van der Waals surface area contributed by atoms with Gasteiger partial charge in [0.2, 0.25) is 0 Å². The molecule has 0 N–H and O–H groups in total. The van der Waals surface area contributed by atoms with Crippen LogP contribution in [0.4, 0.5) is 0 Å². The molecule has 0 aromatic heterocycles. The molecule has 0 aliphatic heterocycles. The Bertz CT molecular complexity index is 211. The Morgan fingerprint density at radius 2 is 0.688 bits per heavy atom. The Morgan fingerprint density at radius 1 is 0.562 bits per heavy atom. The molecule has 0 atom stereocenters. The van der Waals surface area contributed by atoms with E-state index in [9.17, 15) is 0 Å². The minimum absolute atomic E-state index is 0. The molecule has 0 bridgehead atoms. The van der Waals surface area contributed by atoms with Gasteiger partial charge in [-0.1, -0.05) is 0 Å². The maximum Gasteiger partial charge on any atom is 0 e. The molecule has 0 rings (SSSR count). The molecule has 0 amide bonds. The van der Waals surface area contributed by atoms with Crippen LogP contribution in [0.15, 0.2) is 0 Å². The minimum atomic E-state index is -2.22. The molecule has 0 nitrogen and oxygen atoms in total. The van der Waals surface area contributed by atoms with Crippen LogP contribution in [-0.4, -0.2) is 15.5 Å². The summed E-state index contributed by atoms with van der Waals surface area (Å²) in [7, 11) is 0. The van der Waals surface area contributed by atoms with Gasteiger partial charge in [0.25, 0.3) is 0 Å². The zero-order chi connectivity index (χ0) is 12.9. The van der Waals surface area contributed by atoms with E-state index in [0.717, 1.165) is 0 Å². The molecule has 0 saturated carbocycles. The van der Waals surface area contributed by atoms with Gasteiger partial charge in [-0.2, -0.15) is 0 Å². The van der Waals surface area contributed by atoms with Crippen molar-refractivity contribution in [2.75, 3.05) is 0 Å². The summed E-state index contributed by atoms with van der Waals surface area (Å²) in [6.45, 7) is 21.0. The fraction of sp³-hybridized carbons (Fsp3) is 1.00. The van der Waals surface area contributed by atoms with Crippen molar-refractivity contribution in [3.8, 4) is 0 Å². The van der Waals surface area contributed by atoms with E-state index in [0.29, 0.717) is 0 Å². The number of halogens is 2. The first-order valence-corrected chi connectivity index (χ1v) is 11.8. The maximum absolute atomic E-state index is 4.20. The van der Waals surface area contributed by atoms with Crippen molar-refractivity contribution in [3.05, 3.63) is 0 Å². The zero-order valence-electron chi connectivity index (χ0n) is 12.0. The van der Waals surface area contributed by atoms with Crippen LogP contribution in [0.2, 0.25) is 0 Å². The van der Waals surface area contributed by atoms with Crippen molar-refractivity contribution in [3.63, 3.8) is 0 Å². The summed E-state index contributed by atoms with van der Waals surface area (Å²) in [5, 5.41) is 0.673. The van der Waals surface area contributed by atoms with Crippen LogP contribution in [0.5, 0.6) is 0 Å². The smallest absolute Gasteiger partial charge is 0 e. The normalized spacial score (nSPS) is 17.3. The fourth-order valence-electron chi connectivity index (χ4n) is 3.02. The first kappa shape index (κ1) is 20.4. The second-order valence-corrected chi connectivity index (χ2v) is 24.6. The third kappa shape index (κ3) is 2.51. The molecular formula is C12H27Br2PPd. The van der Waals surface area contributed by atoms with Gasteiger partial charge in [-0.05, 0) is 0 Å². The number of hydrogen-bond donors (Lipinski definition) is 0. The molecule has 0 fully saturated rings. The van der Waals surface area contributed by atoms with E-state index >= 15 is 0 Å². The van der Waals surface area contributed by atoms with Crippen LogP contribution in [0.1, 0.15) is 62.3 Å². The molecule has 0 aromatic rings. The molecule has 16 heavy (non-hydrogen) atoms. The van der Waals surface area contributed by atoms with Crippen molar-refractivity contribution in [1.29, 1.82) is 0 Å². The van der Waals surface area contributed by atoms with Crippen LogP contribution in [0, 0.1) is 0 Å². The van der Waals surface area contributed by atoms with E-state index in [4.69, 9.17) is 0 Å². The molecule has 0 saturated heterocycles. The Kier molecular flexibility index (Phi) is 6.19.